The number of carbonyl (C=O) groups excluding carboxylic acids is 2. The highest BCUT2D eigenvalue weighted by molar-refractivity contribution is 5.85. The Balaban J connectivity index is 1.84. The minimum absolute atomic E-state index is 0.0116. The van der Waals surface area contributed by atoms with Crippen LogP contribution in [0.5, 0.6) is 17.2 Å². The second-order valence-corrected chi connectivity index (χ2v) is 8.17. The summed E-state index contributed by atoms with van der Waals surface area (Å²) in [7, 11) is 0. The quantitative estimate of drug-likeness (QED) is 0.153. The van der Waals surface area contributed by atoms with Gasteiger partial charge in [-0.2, -0.15) is 0 Å². The van der Waals surface area contributed by atoms with E-state index in [0.29, 0.717) is 19.0 Å². The van der Waals surface area contributed by atoms with Crippen molar-refractivity contribution >= 4 is 30.3 Å². The summed E-state index contributed by atoms with van der Waals surface area (Å²) >= 11 is 0. The van der Waals surface area contributed by atoms with Crippen molar-refractivity contribution in [3.05, 3.63) is 53.6 Å². The number of nitrogens with one attached hydrogen (secondary N) is 2. The molecule has 1 atom stereocenters. The van der Waals surface area contributed by atoms with E-state index in [9.17, 15) is 14.4 Å². The first-order chi connectivity index (χ1) is 17.7. The molecule has 1 unspecified atom stereocenters. The summed E-state index contributed by atoms with van der Waals surface area (Å²) in [5, 5.41) is 13.5. The summed E-state index contributed by atoms with van der Waals surface area (Å²) in [6, 6.07) is 11.6. The number of benzene rings is 2. The zero-order chi connectivity index (χ0) is 27.2. The smallest absolute Gasteiger partial charge is 0.494 e. The Bertz CT molecular complexity index is 1040. The molecule has 2 aromatic carbocycles. The van der Waals surface area contributed by atoms with Crippen molar-refractivity contribution in [1.82, 2.24) is 10.6 Å². The lowest BCUT2D eigenvalue weighted by molar-refractivity contribution is -0.124. The van der Waals surface area contributed by atoms with Crippen molar-refractivity contribution in [1.29, 1.82) is 0 Å². The molecular formula is C27H34N2O8. The predicted octanol–water partition coefficient (Wildman–Crippen LogP) is 4.58. The van der Waals surface area contributed by atoms with Crippen LogP contribution in [0.2, 0.25) is 0 Å². The van der Waals surface area contributed by atoms with Gasteiger partial charge in [-0.15, -0.1) is 0 Å². The first-order valence-corrected chi connectivity index (χ1v) is 12.0. The number of hydrogen-bond donors (Lipinski definition) is 3. The fraction of sp³-hybridized carbons (Fsp3) is 0.370. The molecule has 37 heavy (non-hydrogen) atoms. The predicted molar refractivity (Wildman–Crippen MR) is 139 cm³/mol. The number of carbonyl (C=O) groups is 3. The van der Waals surface area contributed by atoms with E-state index in [-0.39, 0.29) is 19.1 Å². The first-order valence-electron chi connectivity index (χ1n) is 12.0. The summed E-state index contributed by atoms with van der Waals surface area (Å²) < 4.78 is 21.3. The molecule has 0 heterocycles. The maximum absolute atomic E-state index is 12.1. The Morgan fingerprint density at radius 1 is 0.892 bits per heavy atom. The van der Waals surface area contributed by atoms with Gasteiger partial charge in [0.1, 0.15) is 29.9 Å². The minimum atomic E-state index is -1.29. The van der Waals surface area contributed by atoms with Gasteiger partial charge in [0.2, 0.25) is 5.91 Å². The van der Waals surface area contributed by atoms with Crippen LogP contribution < -0.4 is 24.8 Å². The number of ether oxygens (including phenoxy) is 4. The van der Waals surface area contributed by atoms with E-state index < -0.39 is 24.2 Å². The van der Waals surface area contributed by atoms with Gasteiger partial charge in [-0.25, -0.2) is 9.59 Å². The molecular weight excluding hydrogens is 480 g/mol. The Morgan fingerprint density at radius 2 is 1.49 bits per heavy atom. The lowest BCUT2D eigenvalue weighted by Crippen LogP contribution is -2.49. The van der Waals surface area contributed by atoms with Gasteiger partial charge in [0, 0.05) is 6.07 Å². The Kier molecular flexibility index (Phi) is 11.8. The van der Waals surface area contributed by atoms with E-state index in [1.54, 1.807) is 38.1 Å². The van der Waals surface area contributed by atoms with Crippen molar-refractivity contribution in [3.63, 3.8) is 0 Å². The highest BCUT2D eigenvalue weighted by atomic mass is 16.7. The van der Waals surface area contributed by atoms with Crippen molar-refractivity contribution in [2.45, 2.75) is 33.7 Å². The molecule has 2 amide bonds. The van der Waals surface area contributed by atoms with Gasteiger partial charge < -0.3 is 34.7 Å². The SMILES string of the molecule is CCOc1cc(/C=C/c2ccc(OC(=O)OCCNC(=O)C(NC(=O)O)C(C)C)cc2)cc(OCC)c1. The molecule has 0 fully saturated rings. The number of carboxylic acid groups (broad SMARTS) is 1. The van der Waals surface area contributed by atoms with Crippen LogP contribution in [0.15, 0.2) is 42.5 Å². The molecule has 0 radical (unpaired) electrons. The molecule has 2 rings (SSSR count). The fourth-order valence-electron chi connectivity index (χ4n) is 3.24. The van der Waals surface area contributed by atoms with Crippen LogP contribution in [0, 0.1) is 5.92 Å². The molecule has 0 aliphatic heterocycles. The Hall–Kier alpha value is -4.21. The zero-order valence-corrected chi connectivity index (χ0v) is 21.5. The van der Waals surface area contributed by atoms with Crippen molar-refractivity contribution in [2.24, 2.45) is 5.92 Å². The average Bonchev–Trinajstić information content (AvgIpc) is 2.84. The molecule has 10 heteroatoms. The van der Waals surface area contributed by atoms with Crippen molar-refractivity contribution in [2.75, 3.05) is 26.4 Å². The zero-order valence-electron chi connectivity index (χ0n) is 21.5. The van der Waals surface area contributed by atoms with Crippen molar-refractivity contribution in [3.8, 4) is 17.2 Å². The van der Waals surface area contributed by atoms with Crippen LogP contribution in [-0.4, -0.2) is 55.7 Å². The van der Waals surface area contributed by atoms with E-state index in [4.69, 9.17) is 24.1 Å². The molecule has 10 nitrogen and oxygen atoms in total. The average molecular weight is 515 g/mol. The van der Waals surface area contributed by atoms with Crippen LogP contribution in [0.3, 0.4) is 0 Å². The summed E-state index contributed by atoms with van der Waals surface area (Å²) in [6.45, 7) is 8.27. The summed E-state index contributed by atoms with van der Waals surface area (Å²) in [6.07, 6.45) is 1.63. The molecule has 200 valence electrons. The van der Waals surface area contributed by atoms with Crippen LogP contribution in [0.1, 0.15) is 38.8 Å². The van der Waals surface area contributed by atoms with E-state index in [1.165, 1.54) is 0 Å². The number of amides is 2. The maximum atomic E-state index is 12.1. The second-order valence-electron chi connectivity index (χ2n) is 8.17. The lowest BCUT2D eigenvalue weighted by Gasteiger charge is -2.19. The highest BCUT2D eigenvalue weighted by Gasteiger charge is 2.23. The Morgan fingerprint density at radius 3 is 2.03 bits per heavy atom. The maximum Gasteiger partial charge on any atom is 0.513 e. The molecule has 0 spiro atoms. The fourth-order valence-corrected chi connectivity index (χ4v) is 3.24. The van der Waals surface area contributed by atoms with Crippen molar-refractivity contribution < 1.29 is 38.4 Å². The van der Waals surface area contributed by atoms with E-state index >= 15 is 0 Å². The van der Waals surface area contributed by atoms with Crippen LogP contribution in [-0.2, 0) is 9.53 Å². The van der Waals surface area contributed by atoms with E-state index in [1.807, 2.05) is 44.2 Å². The molecule has 0 saturated heterocycles. The molecule has 2 aromatic rings. The summed E-state index contributed by atoms with van der Waals surface area (Å²) in [5.41, 5.74) is 1.81. The molecule has 0 aliphatic carbocycles. The number of rotatable bonds is 13. The van der Waals surface area contributed by atoms with Gasteiger partial charge in [0.25, 0.3) is 0 Å². The van der Waals surface area contributed by atoms with Crippen LogP contribution in [0.25, 0.3) is 12.2 Å². The first kappa shape index (κ1) is 29.0. The molecule has 0 aliphatic rings. The third-order valence-electron chi connectivity index (χ3n) is 4.92. The van der Waals surface area contributed by atoms with E-state index in [0.717, 1.165) is 22.6 Å². The monoisotopic (exact) mass is 514 g/mol. The minimum Gasteiger partial charge on any atom is -0.494 e. The van der Waals surface area contributed by atoms with Crippen LogP contribution in [0.4, 0.5) is 9.59 Å². The normalized spacial score (nSPS) is 11.6. The van der Waals surface area contributed by atoms with Gasteiger partial charge in [0.05, 0.1) is 19.8 Å². The van der Waals surface area contributed by atoms with Gasteiger partial charge in [-0.3, -0.25) is 4.79 Å². The van der Waals surface area contributed by atoms with E-state index in [2.05, 4.69) is 10.6 Å². The third-order valence-corrected chi connectivity index (χ3v) is 4.92. The molecule has 0 bridgehead atoms. The van der Waals surface area contributed by atoms with Gasteiger partial charge in [-0.05, 0) is 55.2 Å². The number of hydrogen-bond acceptors (Lipinski definition) is 7. The molecule has 0 saturated carbocycles. The molecule has 0 aromatic heterocycles. The topological polar surface area (TPSA) is 132 Å². The molecule has 3 N–H and O–H groups in total. The van der Waals surface area contributed by atoms with Gasteiger partial charge in [-0.1, -0.05) is 38.1 Å². The van der Waals surface area contributed by atoms with Gasteiger partial charge >= 0.3 is 12.2 Å². The lowest BCUT2D eigenvalue weighted by atomic mass is 10.0. The highest BCUT2D eigenvalue weighted by Crippen LogP contribution is 2.25. The second kappa shape index (κ2) is 15.0. The largest absolute Gasteiger partial charge is 0.513 e. The van der Waals surface area contributed by atoms with Gasteiger partial charge in [0.15, 0.2) is 0 Å². The third kappa shape index (κ3) is 10.5. The summed E-state index contributed by atoms with van der Waals surface area (Å²) in [5.74, 6) is 1.01. The Labute approximate surface area is 216 Å². The van der Waals surface area contributed by atoms with Crippen LogP contribution >= 0.6 is 0 Å². The summed E-state index contributed by atoms with van der Waals surface area (Å²) in [4.78, 5) is 34.8. The standard InChI is InChI=1S/C27H34N2O8/c1-5-34-22-15-20(16-23(17-22)35-6-2)8-7-19-9-11-21(12-10-19)37-27(33)36-14-13-28-25(30)24(18(3)4)29-26(31)32/h7-12,15-18,24,29H,5-6,13-14H2,1-4H3,(H,28,30)(H,31,32)/b8-7+.